The number of hydrogen-bond donors (Lipinski definition) is 2. The lowest BCUT2D eigenvalue weighted by Gasteiger charge is -2.11. The van der Waals surface area contributed by atoms with E-state index in [0.29, 0.717) is 17.7 Å². The minimum Gasteiger partial charge on any atom is -0.404 e. The Labute approximate surface area is 122 Å². The van der Waals surface area contributed by atoms with Crippen molar-refractivity contribution >= 4 is 7.82 Å². The van der Waals surface area contributed by atoms with E-state index >= 15 is 0 Å². The highest BCUT2D eigenvalue weighted by molar-refractivity contribution is 7.46. The van der Waals surface area contributed by atoms with Crippen molar-refractivity contribution in [2.24, 2.45) is 0 Å². The van der Waals surface area contributed by atoms with E-state index < -0.39 is 25.4 Å². The molecule has 0 aliphatic rings. The van der Waals surface area contributed by atoms with Crippen LogP contribution in [0.3, 0.4) is 0 Å². The summed E-state index contributed by atoms with van der Waals surface area (Å²) in [5.41, 5.74) is -0.972. The second-order valence-electron chi connectivity index (χ2n) is 4.30. The van der Waals surface area contributed by atoms with Crippen LogP contribution >= 0.6 is 7.82 Å². The van der Waals surface area contributed by atoms with Crippen molar-refractivity contribution in [2.75, 3.05) is 0 Å². The molecular weight excluding hydrogens is 327 g/mol. The van der Waals surface area contributed by atoms with Crippen molar-refractivity contribution in [1.29, 1.82) is 0 Å². The number of hydrogen-bond acceptors (Lipinski definition) is 2. The van der Waals surface area contributed by atoms with Crippen LogP contribution in [-0.2, 0) is 10.7 Å². The van der Waals surface area contributed by atoms with Gasteiger partial charge in [-0.3, -0.25) is 9.79 Å². The Bertz CT molecular complexity index is 722. The van der Waals surface area contributed by atoms with E-state index in [0.717, 1.165) is 0 Å². The maximum atomic E-state index is 13.2. The van der Waals surface area contributed by atoms with E-state index in [1.54, 1.807) is 0 Å². The molecule has 2 aromatic carbocycles. The molecule has 0 saturated carbocycles. The fraction of sp³-hybridized carbons (Fsp3) is 0.0769. The Morgan fingerprint density at radius 1 is 0.955 bits per heavy atom. The molecule has 0 aliphatic heterocycles. The van der Waals surface area contributed by atoms with Gasteiger partial charge in [0.2, 0.25) is 0 Å². The van der Waals surface area contributed by atoms with Gasteiger partial charge in [0.25, 0.3) is 0 Å². The molecule has 0 aliphatic carbocycles. The Kier molecular flexibility index (Phi) is 4.28. The smallest absolute Gasteiger partial charge is 0.404 e. The lowest BCUT2D eigenvalue weighted by atomic mass is 10.0. The van der Waals surface area contributed by atoms with E-state index in [1.165, 1.54) is 30.3 Å². The van der Waals surface area contributed by atoms with Crippen molar-refractivity contribution in [3.63, 3.8) is 0 Å². The quantitative estimate of drug-likeness (QED) is 0.657. The van der Waals surface area contributed by atoms with E-state index in [4.69, 9.17) is 9.79 Å². The Hall–Kier alpha value is -1.89. The summed E-state index contributed by atoms with van der Waals surface area (Å²) in [7, 11) is -4.71. The van der Waals surface area contributed by atoms with Crippen LogP contribution in [0.4, 0.5) is 17.6 Å². The summed E-state index contributed by atoms with van der Waals surface area (Å²) in [6.45, 7) is 0. The van der Waals surface area contributed by atoms with Gasteiger partial charge < -0.3 is 4.52 Å². The third-order valence-electron chi connectivity index (χ3n) is 2.68. The van der Waals surface area contributed by atoms with E-state index in [-0.39, 0.29) is 11.3 Å². The van der Waals surface area contributed by atoms with Gasteiger partial charge in [0.05, 0.1) is 5.56 Å². The van der Waals surface area contributed by atoms with E-state index in [1.807, 2.05) is 0 Å². The molecule has 4 nitrogen and oxygen atoms in total. The van der Waals surface area contributed by atoms with Crippen molar-refractivity contribution in [3.05, 3.63) is 53.8 Å². The molecule has 2 N–H and O–H groups in total. The topological polar surface area (TPSA) is 66.8 Å². The molecular formula is C13H9F4O4P. The zero-order chi connectivity index (χ0) is 16.5. The molecule has 0 unspecified atom stereocenters. The van der Waals surface area contributed by atoms with Crippen molar-refractivity contribution in [2.45, 2.75) is 6.18 Å². The number of benzene rings is 2. The van der Waals surface area contributed by atoms with Crippen LogP contribution in [0, 0.1) is 5.82 Å². The molecule has 0 radical (unpaired) electrons. The van der Waals surface area contributed by atoms with Gasteiger partial charge >= 0.3 is 14.0 Å². The average molecular weight is 336 g/mol. The van der Waals surface area contributed by atoms with Crippen molar-refractivity contribution < 1.29 is 36.4 Å². The zero-order valence-electron chi connectivity index (χ0n) is 10.7. The molecule has 0 amide bonds. The van der Waals surface area contributed by atoms with Crippen LogP contribution < -0.4 is 4.52 Å². The number of phosphoric acid groups is 1. The first-order valence-electron chi connectivity index (χ1n) is 5.78. The lowest BCUT2D eigenvalue weighted by Crippen LogP contribution is -2.08. The fourth-order valence-electron chi connectivity index (χ4n) is 1.77. The summed E-state index contributed by atoms with van der Waals surface area (Å²) in [4.78, 5) is 17.3. The second-order valence-corrected chi connectivity index (χ2v) is 5.46. The molecule has 0 heterocycles. The predicted molar refractivity (Wildman–Crippen MR) is 69.5 cm³/mol. The Morgan fingerprint density at radius 2 is 1.50 bits per heavy atom. The highest BCUT2D eigenvalue weighted by atomic mass is 31.2. The predicted octanol–water partition coefficient (Wildman–Crippen LogP) is 3.98. The minimum atomic E-state index is -4.82. The van der Waals surface area contributed by atoms with Crippen LogP contribution in [0.2, 0.25) is 0 Å². The first kappa shape index (κ1) is 16.5. The van der Waals surface area contributed by atoms with Crippen molar-refractivity contribution in [3.8, 4) is 16.9 Å². The molecule has 118 valence electrons. The van der Waals surface area contributed by atoms with Crippen LogP contribution in [0.5, 0.6) is 5.75 Å². The first-order chi connectivity index (χ1) is 10.1. The monoisotopic (exact) mass is 336 g/mol. The summed E-state index contributed by atoms with van der Waals surface area (Å²) >= 11 is 0. The third-order valence-corrected chi connectivity index (χ3v) is 3.13. The van der Waals surface area contributed by atoms with Crippen LogP contribution in [0.25, 0.3) is 11.1 Å². The normalized spacial score (nSPS) is 12.3. The molecule has 0 fully saturated rings. The minimum absolute atomic E-state index is 0.108. The summed E-state index contributed by atoms with van der Waals surface area (Å²) in [6.07, 6.45) is -4.82. The summed E-state index contributed by atoms with van der Waals surface area (Å²) in [5, 5.41) is 0. The van der Waals surface area contributed by atoms with Crippen LogP contribution in [0.1, 0.15) is 5.56 Å². The van der Waals surface area contributed by atoms with E-state index in [2.05, 4.69) is 4.52 Å². The summed E-state index contributed by atoms with van der Waals surface area (Å²) in [6, 6.07) is 7.52. The number of alkyl halides is 3. The molecule has 2 aromatic rings. The molecule has 22 heavy (non-hydrogen) atoms. The maximum absolute atomic E-state index is 13.2. The Balaban J connectivity index is 2.35. The van der Waals surface area contributed by atoms with E-state index in [9.17, 15) is 22.1 Å². The van der Waals surface area contributed by atoms with Gasteiger partial charge in [-0.05, 0) is 35.4 Å². The maximum Gasteiger partial charge on any atom is 0.524 e. The molecule has 0 spiro atoms. The molecule has 0 saturated heterocycles. The van der Waals surface area contributed by atoms with Crippen molar-refractivity contribution in [1.82, 2.24) is 0 Å². The van der Waals surface area contributed by atoms with Crippen LogP contribution in [0.15, 0.2) is 42.5 Å². The zero-order valence-corrected chi connectivity index (χ0v) is 11.6. The Morgan fingerprint density at radius 3 is 2.00 bits per heavy atom. The van der Waals surface area contributed by atoms with Gasteiger partial charge in [-0.2, -0.15) is 13.2 Å². The molecule has 0 aromatic heterocycles. The summed E-state index contributed by atoms with van der Waals surface area (Å²) < 4.78 is 66.1. The van der Waals surface area contributed by atoms with Gasteiger partial charge in [-0.25, -0.2) is 8.96 Å². The molecule has 0 bridgehead atoms. The number of halogens is 4. The number of phosphoric ester groups is 1. The van der Waals surface area contributed by atoms with Gasteiger partial charge in [0, 0.05) is 0 Å². The van der Waals surface area contributed by atoms with Gasteiger partial charge in [0.1, 0.15) is 11.6 Å². The average Bonchev–Trinajstić information content (AvgIpc) is 2.37. The van der Waals surface area contributed by atoms with Gasteiger partial charge in [0.15, 0.2) is 0 Å². The first-order valence-corrected chi connectivity index (χ1v) is 7.31. The van der Waals surface area contributed by atoms with Crippen LogP contribution in [-0.4, -0.2) is 9.79 Å². The molecule has 2 rings (SSSR count). The summed E-state index contributed by atoms with van der Waals surface area (Å²) in [5.74, 6) is -1.52. The largest absolute Gasteiger partial charge is 0.524 e. The molecule has 9 heteroatoms. The lowest BCUT2D eigenvalue weighted by molar-refractivity contribution is -0.139. The number of rotatable bonds is 3. The highest BCUT2D eigenvalue weighted by Crippen LogP contribution is 2.38. The van der Waals surface area contributed by atoms with Gasteiger partial charge in [-0.15, -0.1) is 0 Å². The standard InChI is InChI=1S/C13H9F4O4P/c14-12-6-3-9(7-11(12)13(15,16)17)8-1-4-10(5-2-8)21-22(18,19)20/h1-7H,(H2,18,19,20). The second kappa shape index (κ2) is 5.72. The fourth-order valence-corrected chi connectivity index (χ4v) is 2.16. The third kappa shape index (κ3) is 4.07. The SMILES string of the molecule is O=P(O)(O)Oc1ccc(-c2ccc(F)c(C(F)(F)F)c2)cc1. The van der Waals surface area contributed by atoms with Gasteiger partial charge in [-0.1, -0.05) is 18.2 Å². The highest BCUT2D eigenvalue weighted by Gasteiger charge is 2.34. The molecule has 0 atom stereocenters.